The number of amides is 1. The van der Waals surface area contributed by atoms with E-state index in [0.29, 0.717) is 17.0 Å². The number of carbonyl (C=O) groups excluding carboxylic acids is 1. The molecule has 1 saturated heterocycles. The fourth-order valence-electron chi connectivity index (χ4n) is 4.02. The Labute approximate surface area is 191 Å². The number of aromatic hydroxyl groups is 1. The van der Waals surface area contributed by atoms with Crippen LogP contribution in [-0.2, 0) is 9.63 Å². The summed E-state index contributed by atoms with van der Waals surface area (Å²) in [6.07, 6.45) is 0.267. The minimum Gasteiger partial charge on any atom is -0.494 e. The van der Waals surface area contributed by atoms with E-state index in [1.165, 1.54) is 0 Å². The first-order valence-corrected chi connectivity index (χ1v) is 10.4. The molecule has 0 aliphatic carbocycles. The van der Waals surface area contributed by atoms with E-state index >= 15 is 0 Å². The van der Waals surface area contributed by atoms with Gasteiger partial charge in [0.2, 0.25) is 5.91 Å². The number of hydrogen-bond donors (Lipinski definition) is 3. The fraction of sp³-hybridized carbons (Fsp3) is 0.261. The van der Waals surface area contributed by atoms with E-state index in [1.54, 1.807) is 0 Å². The monoisotopic (exact) mass is 453 g/mol. The van der Waals surface area contributed by atoms with Gasteiger partial charge < -0.3 is 25.1 Å². The quantitative estimate of drug-likeness (QED) is 0.408. The summed E-state index contributed by atoms with van der Waals surface area (Å²) in [7, 11) is 0. The number of nitrogens with zero attached hydrogens (tertiary/aromatic N) is 3. The van der Waals surface area contributed by atoms with Crippen molar-refractivity contribution in [2.45, 2.75) is 6.42 Å². The molecule has 1 fully saturated rings. The van der Waals surface area contributed by atoms with Crippen LogP contribution in [0.3, 0.4) is 0 Å². The number of aliphatic imine (C=N–C) groups is 1. The molecule has 3 N–H and O–H groups in total. The van der Waals surface area contributed by atoms with Crippen molar-refractivity contribution < 1.29 is 14.7 Å². The van der Waals surface area contributed by atoms with Crippen LogP contribution in [0.5, 0.6) is 5.88 Å². The van der Waals surface area contributed by atoms with Crippen LogP contribution in [0.4, 0.5) is 5.69 Å². The van der Waals surface area contributed by atoms with Crippen molar-refractivity contribution in [2.75, 3.05) is 32.8 Å². The van der Waals surface area contributed by atoms with Gasteiger partial charge in [-0.1, -0.05) is 41.6 Å². The standard InChI is InChI=1S/C23H23N5O3.ClH/c29-19(28-12-10-24-11-13-28)9-14-31-27-21-16-6-2-4-8-18(16)25-22(21)20-15-5-1-3-7-17(15)26-23(20)30;/h1-8,24,26,30H,9-14H2;1H/b27-21+;. The summed E-state index contributed by atoms with van der Waals surface area (Å²) in [5.74, 6) is 0.103. The van der Waals surface area contributed by atoms with Gasteiger partial charge in [-0.3, -0.25) is 4.79 Å². The van der Waals surface area contributed by atoms with Gasteiger partial charge in [-0.2, -0.15) is 0 Å². The van der Waals surface area contributed by atoms with Crippen molar-refractivity contribution in [1.82, 2.24) is 15.2 Å². The summed E-state index contributed by atoms with van der Waals surface area (Å²) < 4.78 is 0. The van der Waals surface area contributed by atoms with Crippen LogP contribution in [0.25, 0.3) is 10.9 Å². The summed E-state index contributed by atoms with van der Waals surface area (Å²) in [6, 6.07) is 15.3. The normalized spacial score (nSPS) is 16.6. The fourth-order valence-corrected chi connectivity index (χ4v) is 4.02. The highest BCUT2D eigenvalue weighted by molar-refractivity contribution is 6.58. The molecule has 0 unspecified atom stereocenters. The summed E-state index contributed by atoms with van der Waals surface area (Å²) in [5.41, 5.74) is 4.09. The lowest BCUT2D eigenvalue weighted by atomic mass is 10.0. The average Bonchev–Trinajstić information content (AvgIpc) is 3.33. The van der Waals surface area contributed by atoms with E-state index in [-0.39, 0.29) is 37.2 Å². The Kier molecular flexibility index (Phi) is 6.43. The molecule has 0 spiro atoms. The van der Waals surface area contributed by atoms with Crippen LogP contribution in [-0.4, -0.2) is 65.1 Å². The smallest absolute Gasteiger partial charge is 0.226 e. The van der Waals surface area contributed by atoms with Gasteiger partial charge in [0.15, 0.2) is 5.88 Å². The minimum atomic E-state index is 0. The lowest BCUT2D eigenvalue weighted by molar-refractivity contribution is -0.132. The highest BCUT2D eigenvalue weighted by Gasteiger charge is 2.29. The molecule has 2 aliphatic heterocycles. The third-order valence-corrected chi connectivity index (χ3v) is 5.57. The Morgan fingerprint density at radius 1 is 1.12 bits per heavy atom. The largest absolute Gasteiger partial charge is 0.494 e. The Morgan fingerprint density at radius 3 is 2.72 bits per heavy atom. The average molecular weight is 454 g/mol. The maximum absolute atomic E-state index is 12.3. The molecule has 9 heteroatoms. The number of nitrogens with one attached hydrogen (secondary N) is 2. The number of fused-ring (bicyclic) bond motifs is 2. The molecule has 0 atom stereocenters. The van der Waals surface area contributed by atoms with Crippen LogP contribution < -0.4 is 5.32 Å². The van der Waals surface area contributed by atoms with Crippen molar-refractivity contribution >= 4 is 46.3 Å². The lowest BCUT2D eigenvalue weighted by Gasteiger charge is -2.27. The molecule has 5 rings (SSSR count). The summed E-state index contributed by atoms with van der Waals surface area (Å²) in [5, 5.41) is 19.0. The second-order valence-corrected chi connectivity index (χ2v) is 7.53. The first kappa shape index (κ1) is 21.9. The van der Waals surface area contributed by atoms with Crippen LogP contribution in [0.1, 0.15) is 17.5 Å². The van der Waals surface area contributed by atoms with Gasteiger partial charge in [-0.05, 0) is 12.1 Å². The second kappa shape index (κ2) is 9.42. The number of rotatable bonds is 5. The molecule has 8 nitrogen and oxygen atoms in total. The number of aromatic nitrogens is 1. The van der Waals surface area contributed by atoms with E-state index < -0.39 is 0 Å². The molecule has 166 valence electrons. The van der Waals surface area contributed by atoms with Crippen molar-refractivity contribution in [2.24, 2.45) is 10.1 Å². The van der Waals surface area contributed by atoms with Gasteiger partial charge in [-0.25, -0.2) is 4.99 Å². The maximum Gasteiger partial charge on any atom is 0.226 e. The predicted octanol–water partition coefficient (Wildman–Crippen LogP) is 2.97. The van der Waals surface area contributed by atoms with Gasteiger partial charge in [-0.15, -0.1) is 12.4 Å². The third kappa shape index (κ3) is 4.06. The van der Waals surface area contributed by atoms with E-state index in [9.17, 15) is 9.90 Å². The molecule has 0 saturated carbocycles. The zero-order valence-corrected chi connectivity index (χ0v) is 18.2. The van der Waals surface area contributed by atoms with Crippen LogP contribution >= 0.6 is 12.4 Å². The molecule has 3 aromatic rings. The van der Waals surface area contributed by atoms with Crippen LogP contribution in [0, 0.1) is 0 Å². The molecule has 0 bridgehead atoms. The summed E-state index contributed by atoms with van der Waals surface area (Å²) in [4.78, 5) is 27.5. The van der Waals surface area contributed by atoms with Gasteiger partial charge in [0, 0.05) is 42.6 Å². The first-order valence-electron chi connectivity index (χ1n) is 10.4. The van der Waals surface area contributed by atoms with Gasteiger partial charge in [0.25, 0.3) is 0 Å². The second-order valence-electron chi connectivity index (χ2n) is 7.53. The molecule has 0 radical (unpaired) electrons. The summed E-state index contributed by atoms with van der Waals surface area (Å²) >= 11 is 0. The molecule has 32 heavy (non-hydrogen) atoms. The third-order valence-electron chi connectivity index (χ3n) is 5.57. The van der Waals surface area contributed by atoms with E-state index in [2.05, 4.69) is 15.5 Å². The topological polar surface area (TPSA) is 102 Å². The highest BCUT2D eigenvalue weighted by atomic mass is 35.5. The molecule has 2 aliphatic rings. The minimum absolute atomic E-state index is 0. The molecule has 3 heterocycles. The lowest BCUT2D eigenvalue weighted by Crippen LogP contribution is -2.46. The van der Waals surface area contributed by atoms with E-state index in [4.69, 9.17) is 9.83 Å². The Morgan fingerprint density at radius 2 is 1.88 bits per heavy atom. The number of H-pyrrole nitrogens is 1. The Balaban J connectivity index is 0.00000245. The molecule has 2 aromatic carbocycles. The SMILES string of the molecule is Cl.O=C(CCO/N=C1/C(c2c(O)[nH]c3ccccc23)=Nc2ccccc21)N1CCNCC1. The number of benzene rings is 2. The molecule has 1 aromatic heterocycles. The van der Waals surface area contributed by atoms with Crippen LogP contribution in [0.2, 0.25) is 0 Å². The maximum atomic E-state index is 12.3. The number of oxime groups is 1. The predicted molar refractivity (Wildman–Crippen MR) is 126 cm³/mol. The van der Waals surface area contributed by atoms with Crippen molar-refractivity contribution in [3.05, 3.63) is 59.7 Å². The number of aromatic amines is 1. The first-order chi connectivity index (χ1) is 15.2. The van der Waals surface area contributed by atoms with Gasteiger partial charge in [0.1, 0.15) is 18.0 Å². The number of carbonyl (C=O) groups is 1. The zero-order chi connectivity index (χ0) is 21.2. The highest BCUT2D eigenvalue weighted by Crippen LogP contribution is 2.35. The molecule has 1 amide bonds. The van der Waals surface area contributed by atoms with Gasteiger partial charge in [0.05, 0.1) is 17.7 Å². The number of para-hydroxylation sites is 2. The summed E-state index contributed by atoms with van der Waals surface area (Å²) in [6.45, 7) is 3.26. The molecular formula is C23H24ClN5O3. The number of hydrogen-bond acceptors (Lipinski definition) is 6. The number of halogens is 1. The van der Waals surface area contributed by atoms with E-state index in [0.717, 1.165) is 48.3 Å². The zero-order valence-electron chi connectivity index (χ0n) is 17.4. The number of piperazine rings is 1. The van der Waals surface area contributed by atoms with Crippen LogP contribution in [0.15, 0.2) is 58.7 Å². The van der Waals surface area contributed by atoms with Crippen molar-refractivity contribution in [1.29, 1.82) is 0 Å². The van der Waals surface area contributed by atoms with Crippen molar-refractivity contribution in [3.8, 4) is 5.88 Å². The van der Waals surface area contributed by atoms with E-state index in [1.807, 2.05) is 53.4 Å². The Hall–Kier alpha value is -3.36. The molecular weight excluding hydrogens is 430 g/mol. The Bertz CT molecular complexity index is 1200. The van der Waals surface area contributed by atoms with Gasteiger partial charge >= 0.3 is 0 Å². The van der Waals surface area contributed by atoms with Crippen molar-refractivity contribution in [3.63, 3.8) is 0 Å².